The van der Waals surface area contributed by atoms with Crippen molar-refractivity contribution in [2.75, 3.05) is 0 Å². The molecule has 0 spiro atoms. The predicted octanol–water partition coefficient (Wildman–Crippen LogP) is 3.33. The van der Waals surface area contributed by atoms with Crippen LogP contribution in [-0.4, -0.2) is 35.6 Å². The van der Waals surface area contributed by atoms with E-state index in [1.165, 1.54) is 0 Å². The predicted molar refractivity (Wildman–Crippen MR) is 96.1 cm³/mol. The first-order valence-corrected chi connectivity index (χ1v) is 8.79. The van der Waals surface area contributed by atoms with Gasteiger partial charge in [0, 0.05) is 0 Å². The molecule has 0 amide bonds. The molecule has 1 saturated heterocycles. The molecule has 1 aliphatic heterocycles. The monoisotopic (exact) mass is 342 g/mol. The van der Waals surface area contributed by atoms with Gasteiger partial charge >= 0.3 is 0 Å². The molecule has 0 aliphatic carbocycles. The first-order valence-electron chi connectivity index (χ1n) is 8.79. The Morgan fingerprint density at radius 2 is 1.24 bits per heavy atom. The van der Waals surface area contributed by atoms with Crippen molar-refractivity contribution in [1.29, 1.82) is 0 Å². The Balaban J connectivity index is 1.67. The highest BCUT2D eigenvalue weighted by Gasteiger charge is 2.43. The van der Waals surface area contributed by atoms with Gasteiger partial charge < -0.3 is 19.3 Å². The fraction of sp³-hybridized carbons (Fsp3) is 0.429. The summed E-state index contributed by atoms with van der Waals surface area (Å²) in [5.74, 6) is 0. The molecule has 2 aromatic carbocycles. The van der Waals surface area contributed by atoms with Crippen molar-refractivity contribution in [3.05, 3.63) is 71.8 Å². The molecule has 25 heavy (non-hydrogen) atoms. The van der Waals surface area contributed by atoms with E-state index < -0.39 is 12.2 Å². The van der Waals surface area contributed by atoms with Gasteiger partial charge in [0.15, 0.2) is 0 Å². The van der Waals surface area contributed by atoms with Crippen LogP contribution in [-0.2, 0) is 27.4 Å². The summed E-state index contributed by atoms with van der Waals surface area (Å²) in [4.78, 5) is 0. The molecule has 0 aromatic heterocycles. The summed E-state index contributed by atoms with van der Waals surface area (Å²) in [7, 11) is 0. The summed E-state index contributed by atoms with van der Waals surface area (Å²) in [5.41, 5.74) is 2.16. The number of rotatable bonds is 6. The number of hydrogen-bond acceptors (Lipinski definition) is 4. The quantitative estimate of drug-likeness (QED) is 0.875. The second-order valence-corrected chi connectivity index (χ2v) is 6.56. The lowest BCUT2D eigenvalue weighted by molar-refractivity contribution is -0.244. The number of ether oxygens (including phenoxy) is 3. The molecule has 2 aromatic rings. The van der Waals surface area contributed by atoms with E-state index in [9.17, 15) is 5.11 Å². The van der Waals surface area contributed by atoms with E-state index in [-0.39, 0.29) is 18.3 Å². The Morgan fingerprint density at radius 3 is 1.76 bits per heavy atom. The van der Waals surface area contributed by atoms with Gasteiger partial charge in [0.25, 0.3) is 0 Å². The van der Waals surface area contributed by atoms with Gasteiger partial charge in [0.1, 0.15) is 18.3 Å². The van der Waals surface area contributed by atoms with E-state index in [2.05, 4.69) is 0 Å². The first kappa shape index (κ1) is 18.1. The Labute approximate surface area is 149 Å². The topological polar surface area (TPSA) is 47.9 Å². The van der Waals surface area contributed by atoms with Crippen molar-refractivity contribution in [2.45, 2.75) is 57.6 Å². The highest BCUT2D eigenvalue weighted by molar-refractivity contribution is 5.14. The molecule has 4 heteroatoms. The average Bonchev–Trinajstić information content (AvgIpc) is 2.64. The average molecular weight is 342 g/mol. The molecule has 4 nitrogen and oxygen atoms in total. The molecule has 0 saturated carbocycles. The van der Waals surface area contributed by atoms with Gasteiger partial charge in [0.2, 0.25) is 0 Å². The second-order valence-electron chi connectivity index (χ2n) is 6.56. The summed E-state index contributed by atoms with van der Waals surface area (Å²) >= 11 is 0. The molecule has 5 atom stereocenters. The Morgan fingerprint density at radius 1 is 0.760 bits per heavy atom. The fourth-order valence-electron chi connectivity index (χ4n) is 3.18. The zero-order valence-electron chi connectivity index (χ0n) is 14.7. The Bertz CT molecular complexity index is 631. The van der Waals surface area contributed by atoms with E-state index in [4.69, 9.17) is 14.2 Å². The van der Waals surface area contributed by atoms with Crippen LogP contribution >= 0.6 is 0 Å². The first-order chi connectivity index (χ1) is 12.1. The minimum Gasteiger partial charge on any atom is -0.388 e. The lowest BCUT2D eigenvalue weighted by Crippen LogP contribution is -2.57. The summed E-state index contributed by atoms with van der Waals surface area (Å²) in [5, 5.41) is 10.6. The van der Waals surface area contributed by atoms with Gasteiger partial charge in [-0.15, -0.1) is 0 Å². The van der Waals surface area contributed by atoms with Crippen LogP contribution in [0.1, 0.15) is 25.0 Å². The van der Waals surface area contributed by atoms with E-state index in [0.29, 0.717) is 13.2 Å². The molecule has 0 radical (unpaired) electrons. The van der Waals surface area contributed by atoms with Crippen molar-refractivity contribution in [2.24, 2.45) is 0 Å². The zero-order chi connectivity index (χ0) is 17.6. The van der Waals surface area contributed by atoms with Crippen LogP contribution in [0.5, 0.6) is 0 Å². The Kier molecular flexibility index (Phi) is 6.21. The highest BCUT2D eigenvalue weighted by atomic mass is 16.6. The second kappa shape index (κ2) is 8.59. The minimum atomic E-state index is -0.722. The van der Waals surface area contributed by atoms with Crippen molar-refractivity contribution < 1.29 is 19.3 Å². The standard InChI is InChI=1S/C21H26O4/c1-15-19(22)21(24-14-18-11-7-4-8-12-18)20(16(2)25-15)23-13-17-9-5-3-6-10-17/h3-12,15-16,19-22H,13-14H2,1-2H3. The summed E-state index contributed by atoms with van der Waals surface area (Å²) in [6, 6.07) is 20.0. The molecule has 3 rings (SSSR count). The minimum absolute atomic E-state index is 0.150. The van der Waals surface area contributed by atoms with E-state index in [0.717, 1.165) is 11.1 Å². The number of aliphatic hydroxyl groups is 1. The van der Waals surface area contributed by atoms with Crippen molar-refractivity contribution in [3.8, 4) is 0 Å². The van der Waals surface area contributed by atoms with Crippen molar-refractivity contribution in [3.63, 3.8) is 0 Å². The lowest BCUT2D eigenvalue weighted by atomic mass is 9.96. The molecule has 134 valence electrons. The molecular weight excluding hydrogens is 316 g/mol. The maximum atomic E-state index is 10.6. The molecule has 1 N–H and O–H groups in total. The van der Waals surface area contributed by atoms with Crippen molar-refractivity contribution >= 4 is 0 Å². The fourth-order valence-corrected chi connectivity index (χ4v) is 3.18. The van der Waals surface area contributed by atoms with E-state index in [1.807, 2.05) is 74.5 Å². The molecule has 5 unspecified atom stereocenters. The van der Waals surface area contributed by atoms with Crippen LogP contribution in [0.2, 0.25) is 0 Å². The third-order valence-electron chi connectivity index (χ3n) is 4.60. The van der Waals surface area contributed by atoms with Crippen molar-refractivity contribution in [1.82, 2.24) is 0 Å². The van der Waals surface area contributed by atoms with Crippen LogP contribution in [0.15, 0.2) is 60.7 Å². The van der Waals surface area contributed by atoms with E-state index >= 15 is 0 Å². The van der Waals surface area contributed by atoms with Gasteiger partial charge in [-0.25, -0.2) is 0 Å². The van der Waals surface area contributed by atoms with E-state index in [1.54, 1.807) is 0 Å². The number of hydrogen-bond donors (Lipinski definition) is 1. The van der Waals surface area contributed by atoms with Gasteiger partial charge in [-0.3, -0.25) is 0 Å². The third kappa shape index (κ3) is 4.67. The SMILES string of the molecule is CC1OC(C)C(OCc2ccccc2)C(OCc2ccccc2)C1O. The van der Waals surface area contributed by atoms with Crippen LogP contribution < -0.4 is 0 Å². The summed E-state index contributed by atoms with van der Waals surface area (Å²) in [6.45, 7) is 4.74. The number of aliphatic hydroxyl groups excluding tert-OH is 1. The van der Waals surface area contributed by atoms with Crippen LogP contribution in [0.4, 0.5) is 0 Å². The van der Waals surface area contributed by atoms with Crippen LogP contribution in [0.3, 0.4) is 0 Å². The summed E-state index contributed by atoms with van der Waals surface area (Å²) in [6.07, 6.45) is -1.91. The third-order valence-corrected chi connectivity index (χ3v) is 4.60. The highest BCUT2D eigenvalue weighted by Crippen LogP contribution is 2.27. The van der Waals surface area contributed by atoms with Crippen LogP contribution in [0.25, 0.3) is 0 Å². The molecule has 1 fully saturated rings. The molecule has 1 aliphatic rings. The van der Waals surface area contributed by atoms with Gasteiger partial charge in [-0.05, 0) is 25.0 Å². The van der Waals surface area contributed by atoms with Gasteiger partial charge in [0.05, 0.1) is 25.4 Å². The molecule has 1 heterocycles. The normalized spacial score (nSPS) is 29.5. The molecular formula is C21H26O4. The number of benzene rings is 2. The maximum Gasteiger partial charge on any atom is 0.115 e. The lowest BCUT2D eigenvalue weighted by Gasteiger charge is -2.42. The van der Waals surface area contributed by atoms with Gasteiger partial charge in [-0.2, -0.15) is 0 Å². The zero-order valence-corrected chi connectivity index (χ0v) is 14.7. The van der Waals surface area contributed by atoms with Crippen LogP contribution in [0, 0.1) is 0 Å². The largest absolute Gasteiger partial charge is 0.388 e. The summed E-state index contributed by atoms with van der Waals surface area (Å²) < 4.78 is 18.0. The smallest absolute Gasteiger partial charge is 0.115 e. The molecule has 0 bridgehead atoms. The Hall–Kier alpha value is -1.72. The maximum absolute atomic E-state index is 10.6. The van der Waals surface area contributed by atoms with Gasteiger partial charge in [-0.1, -0.05) is 60.7 Å².